The first-order chi connectivity index (χ1) is 13.4. The molecule has 1 aromatic carbocycles. The van der Waals surface area contributed by atoms with Gasteiger partial charge in [-0.25, -0.2) is 4.98 Å². The molecule has 1 unspecified atom stereocenters. The minimum Gasteiger partial charge on any atom is -0.507 e. The number of benzene rings is 1. The Hall–Kier alpha value is -2.77. The Bertz CT molecular complexity index is 1080. The van der Waals surface area contributed by atoms with E-state index in [9.17, 15) is 14.7 Å². The zero-order chi connectivity index (χ0) is 20.0. The molecule has 4 rings (SSSR count). The molecule has 1 aliphatic rings. The van der Waals surface area contributed by atoms with Crippen LogP contribution in [0.15, 0.2) is 47.4 Å². The van der Waals surface area contributed by atoms with Crippen LogP contribution in [0.4, 0.5) is 5.13 Å². The Labute approximate surface area is 170 Å². The van der Waals surface area contributed by atoms with Crippen molar-refractivity contribution in [2.45, 2.75) is 26.8 Å². The van der Waals surface area contributed by atoms with Crippen molar-refractivity contribution < 1.29 is 14.7 Å². The lowest BCUT2D eigenvalue weighted by molar-refractivity contribution is -0.132. The monoisotopic (exact) mass is 410 g/mol. The van der Waals surface area contributed by atoms with E-state index in [0.717, 1.165) is 21.0 Å². The van der Waals surface area contributed by atoms with Gasteiger partial charge in [-0.3, -0.25) is 14.5 Å². The Morgan fingerprint density at radius 1 is 1.11 bits per heavy atom. The van der Waals surface area contributed by atoms with Crippen LogP contribution >= 0.6 is 22.7 Å². The highest BCUT2D eigenvalue weighted by molar-refractivity contribution is 7.16. The van der Waals surface area contributed by atoms with Crippen LogP contribution in [0.25, 0.3) is 5.76 Å². The lowest BCUT2D eigenvalue weighted by Crippen LogP contribution is -2.29. The van der Waals surface area contributed by atoms with E-state index in [2.05, 4.69) is 4.98 Å². The van der Waals surface area contributed by atoms with Crippen molar-refractivity contribution in [2.24, 2.45) is 0 Å². The van der Waals surface area contributed by atoms with Crippen molar-refractivity contribution in [2.75, 3.05) is 4.90 Å². The molecule has 0 bridgehead atoms. The molecule has 1 saturated heterocycles. The van der Waals surface area contributed by atoms with Gasteiger partial charge in [-0.2, -0.15) is 0 Å². The van der Waals surface area contributed by atoms with Crippen molar-refractivity contribution in [3.8, 4) is 0 Å². The number of aliphatic hydroxyl groups is 1. The summed E-state index contributed by atoms with van der Waals surface area (Å²) in [5.74, 6) is -1.52. The summed E-state index contributed by atoms with van der Waals surface area (Å²) < 4.78 is 0. The fraction of sp³-hybridized carbons (Fsp3) is 0.190. The van der Waals surface area contributed by atoms with Gasteiger partial charge in [-0.05, 0) is 32.2 Å². The number of hydrogen-bond donors (Lipinski definition) is 1. The predicted octanol–water partition coefficient (Wildman–Crippen LogP) is 4.76. The number of carbonyl (C=O) groups excluding carboxylic acids is 2. The number of aliphatic hydroxyl groups excluding tert-OH is 1. The van der Waals surface area contributed by atoms with Crippen LogP contribution in [0.2, 0.25) is 0 Å². The van der Waals surface area contributed by atoms with Crippen LogP contribution in [0, 0.1) is 20.8 Å². The van der Waals surface area contributed by atoms with Crippen molar-refractivity contribution >= 4 is 45.3 Å². The summed E-state index contributed by atoms with van der Waals surface area (Å²) in [4.78, 5) is 33.6. The van der Waals surface area contributed by atoms with E-state index in [1.165, 1.54) is 27.6 Å². The zero-order valence-electron chi connectivity index (χ0n) is 15.6. The third kappa shape index (κ3) is 2.96. The summed E-state index contributed by atoms with van der Waals surface area (Å²) in [7, 11) is 0. The topological polar surface area (TPSA) is 70.5 Å². The highest BCUT2D eigenvalue weighted by Gasteiger charge is 2.48. The molecule has 142 valence electrons. The maximum absolute atomic E-state index is 12.9. The van der Waals surface area contributed by atoms with E-state index >= 15 is 0 Å². The summed E-state index contributed by atoms with van der Waals surface area (Å²) in [6.45, 7) is 5.75. The second-order valence-electron chi connectivity index (χ2n) is 6.69. The smallest absolute Gasteiger partial charge is 0.301 e. The maximum Gasteiger partial charge on any atom is 0.301 e. The fourth-order valence-electron chi connectivity index (χ4n) is 3.17. The van der Waals surface area contributed by atoms with Crippen LogP contribution in [0.3, 0.4) is 0 Å². The Morgan fingerprint density at radius 2 is 1.82 bits per heavy atom. The number of rotatable bonds is 3. The number of anilines is 1. The number of amides is 1. The Balaban J connectivity index is 1.92. The first-order valence-electron chi connectivity index (χ1n) is 8.74. The molecule has 1 atom stereocenters. The molecule has 0 aliphatic carbocycles. The third-order valence-electron chi connectivity index (χ3n) is 4.81. The quantitative estimate of drug-likeness (QED) is 0.384. The highest BCUT2D eigenvalue weighted by atomic mass is 32.1. The molecule has 3 aromatic rings. The largest absolute Gasteiger partial charge is 0.507 e. The number of ketones is 1. The molecular formula is C21H18N2O3S2. The molecule has 1 amide bonds. The number of Topliss-reactive ketones (excluding diaryl/α,β-unsaturated/α-hetero) is 1. The van der Waals surface area contributed by atoms with Crippen LogP contribution in [0.5, 0.6) is 0 Å². The molecule has 0 radical (unpaired) electrons. The average Bonchev–Trinajstić information content (AvgIpc) is 3.36. The molecule has 2 aromatic heterocycles. The minimum atomic E-state index is -0.693. The third-order valence-corrected chi connectivity index (χ3v) is 6.80. The molecule has 1 N–H and O–H groups in total. The van der Waals surface area contributed by atoms with Crippen molar-refractivity contribution in [1.82, 2.24) is 4.98 Å². The van der Waals surface area contributed by atoms with E-state index in [0.29, 0.717) is 10.7 Å². The summed E-state index contributed by atoms with van der Waals surface area (Å²) in [5.41, 5.74) is 2.48. The van der Waals surface area contributed by atoms with Gasteiger partial charge in [0.2, 0.25) is 0 Å². The van der Waals surface area contributed by atoms with E-state index < -0.39 is 17.7 Å². The molecule has 28 heavy (non-hydrogen) atoms. The molecule has 5 nitrogen and oxygen atoms in total. The Morgan fingerprint density at radius 3 is 2.39 bits per heavy atom. The van der Waals surface area contributed by atoms with Crippen molar-refractivity contribution in [3.05, 3.63) is 73.9 Å². The second kappa shape index (κ2) is 7.00. The first kappa shape index (κ1) is 18.6. The van der Waals surface area contributed by atoms with Crippen molar-refractivity contribution in [3.63, 3.8) is 0 Å². The standard InChI is InChI=1S/C21H18N2O3S2/c1-11-6-8-14(9-7-11)18(24)16-17(15-5-4-10-27-15)23(20(26)19(16)25)21-22-12(2)13(3)28-21/h4-10,17,24H,1-3H3/b18-16-. The SMILES string of the molecule is Cc1ccc(/C(O)=C2/C(=O)C(=O)N(c3nc(C)c(C)s3)C2c2cccs2)cc1. The van der Waals surface area contributed by atoms with Gasteiger partial charge in [-0.1, -0.05) is 35.9 Å². The second-order valence-corrected chi connectivity index (χ2v) is 8.85. The molecule has 7 heteroatoms. The lowest BCUT2D eigenvalue weighted by atomic mass is 9.99. The van der Waals surface area contributed by atoms with Gasteiger partial charge >= 0.3 is 5.91 Å². The van der Waals surface area contributed by atoms with Gasteiger partial charge in [0, 0.05) is 15.3 Å². The van der Waals surface area contributed by atoms with Crippen molar-refractivity contribution in [1.29, 1.82) is 0 Å². The number of thiophene rings is 1. The minimum absolute atomic E-state index is 0.0989. The van der Waals surface area contributed by atoms with Gasteiger partial charge < -0.3 is 5.11 Å². The average molecular weight is 411 g/mol. The van der Waals surface area contributed by atoms with Crippen LogP contribution in [0.1, 0.15) is 32.6 Å². The van der Waals surface area contributed by atoms with Crippen LogP contribution in [-0.4, -0.2) is 21.8 Å². The predicted molar refractivity (Wildman–Crippen MR) is 112 cm³/mol. The molecule has 0 saturated carbocycles. The van der Waals surface area contributed by atoms with Gasteiger partial charge in [0.05, 0.1) is 11.3 Å². The van der Waals surface area contributed by atoms with Gasteiger partial charge in [0.1, 0.15) is 11.8 Å². The summed E-state index contributed by atoms with van der Waals surface area (Å²) >= 11 is 2.81. The van der Waals surface area contributed by atoms with E-state index in [1.54, 1.807) is 12.1 Å². The zero-order valence-corrected chi connectivity index (χ0v) is 17.2. The molecule has 1 aliphatic heterocycles. The van der Waals surface area contributed by atoms with E-state index in [1.807, 2.05) is 50.4 Å². The highest BCUT2D eigenvalue weighted by Crippen LogP contribution is 2.44. The molecule has 3 heterocycles. The van der Waals surface area contributed by atoms with Crippen LogP contribution < -0.4 is 4.90 Å². The van der Waals surface area contributed by atoms with E-state index in [4.69, 9.17) is 0 Å². The molecule has 1 fully saturated rings. The number of nitrogens with zero attached hydrogens (tertiary/aromatic N) is 2. The normalized spacial score (nSPS) is 18.8. The lowest BCUT2D eigenvalue weighted by Gasteiger charge is -2.21. The van der Waals surface area contributed by atoms with Gasteiger partial charge in [-0.15, -0.1) is 22.7 Å². The fourth-order valence-corrected chi connectivity index (χ4v) is 4.93. The number of carbonyl (C=O) groups is 2. The van der Waals surface area contributed by atoms with Crippen LogP contribution in [-0.2, 0) is 9.59 Å². The summed E-state index contributed by atoms with van der Waals surface area (Å²) in [6, 6.07) is 10.3. The van der Waals surface area contributed by atoms with E-state index in [-0.39, 0.29) is 11.3 Å². The molecule has 0 spiro atoms. The molecular weight excluding hydrogens is 392 g/mol. The number of aromatic nitrogens is 1. The number of aryl methyl sites for hydroxylation is 3. The number of hydrogen-bond acceptors (Lipinski definition) is 6. The number of thiazole rings is 1. The summed E-state index contributed by atoms with van der Waals surface area (Å²) in [6.07, 6.45) is 0. The summed E-state index contributed by atoms with van der Waals surface area (Å²) in [5, 5.41) is 13.3. The maximum atomic E-state index is 12.9. The Kier molecular flexibility index (Phi) is 4.64. The van der Waals surface area contributed by atoms with Gasteiger partial charge in [0.15, 0.2) is 5.13 Å². The first-order valence-corrected chi connectivity index (χ1v) is 10.4. The van der Waals surface area contributed by atoms with Gasteiger partial charge in [0.25, 0.3) is 5.78 Å².